The molecule has 0 spiro atoms. The van der Waals surface area contributed by atoms with Gasteiger partial charge in [0.1, 0.15) is 0 Å². The van der Waals surface area contributed by atoms with E-state index in [1.165, 1.54) is 44.9 Å². The van der Waals surface area contributed by atoms with Gasteiger partial charge in [-0.25, -0.2) is 0 Å². The van der Waals surface area contributed by atoms with Crippen molar-refractivity contribution in [1.29, 1.82) is 0 Å². The van der Waals surface area contributed by atoms with Gasteiger partial charge in [-0.3, -0.25) is 4.68 Å². The quantitative estimate of drug-likeness (QED) is 0.637. The second-order valence-electron chi connectivity index (χ2n) is 4.63. The third-order valence-corrected chi connectivity index (χ3v) is 2.98. The summed E-state index contributed by atoms with van der Waals surface area (Å²) >= 11 is 0. The fourth-order valence-corrected chi connectivity index (χ4v) is 1.96. The van der Waals surface area contributed by atoms with Crippen LogP contribution in [0.1, 0.15) is 57.6 Å². The lowest BCUT2D eigenvalue weighted by atomic mass is 10.1. The van der Waals surface area contributed by atoms with E-state index in [0.29, 0.717) is 6.54 Å². The van der Waals surface area contributed by atoms with E-state index >= 15 is 0 Å². The van der Waals surface area contributed by atoms with Crippen molar-refractivity contribution in [3.63, 3.8) is 0 Å². The van der Waals surface area contributed by atoms with Gasteiger partial charge in [-0.2, -0.15) is 0 Å². The predicted molar refractivity (Wildman–Crippen MR) is 70.8 cm³/mol. The highest BCUT2D eigenvalue weighted by atomic mass is 15.4. The number of rotatable bonds is 10. The molecule has 0 atom stereocenters. The van der Waals surface area contributed by atoms with E-state index in [2.05, 4.69) is 17.2 Å². The largest absolute Gasteiger partial charge is 0.329 e. The minimum atomic E-state index is 0.625. The van der Waals surface area contributed by atoms with Crippen LogP contribution >= 0.6 is 0 Å². The van der Waals surface area contributed by atoms with Crippen LogP contribution in [0, 0.1) is 0 Å². The first-order chi connectivity index (χ1) is 8.36. The molecule has 0 aliphatic carbocycles. The molecule has 0 fully saturated rings. The maximum atomic E-state index is 5.46. The minimum absolute atomic E-state index is 0.625. The Labute approximate surface area is 105 Å². The maximum absolute atomic E-state index is 5.46. The van der Waals surface area contributed by atoms with Crippen molar-refractivity contribution in [3.05, 3.63) is 11.9 Å². The Bertz CT molecular complexity index is 283. The SMILES string of the molecule is CCCCCCCCCc1cn(CCN)nn1. The van der Waals surface area contributed by atoms with E-state index in [9.17, 15) is 0 Å². The van der Waals surface area contributed by atoms with E-state index < -0.39 is 0 Å². The van der Waals surface area contributed by atoms with E-state index in [0.717, 1.165) is 18.7 Å². The van der Waals surface area contributed by atoms with E-state index in [1.54, 1.807) is 0 Å². The number of unbranched alkanes of at least 4 members (excludes halogenated alkanes) is 6. The first-order valence-corrected chi connectivity index (χ1v) is 6.96. The number of nitrogens with two attached hydrogens (primary N) is 1. The third-order valence-electron chi connectivity index (χ3n) is 2.98. The summed E-state index contributed by atoms with van der Waals surface area (Å²) in [6.45, 7) is 3.65. The molecule has 0 unspecified atom stereocenters. The average Bonchev–Trinajstić information content (AvgIpc) is 2.76. The van der Waals surface area contributed by atoms with Crippen LogP contribution in [0.3, 0.4) is 0 Å². The van der Waals surface area contributed by atoms with Gasteiger partial charge in [0.2, 0.25) is 0 Å². The topological polar surface area (TPSA) is 56.7 Å². The van der Waals surface area contributed by atoms with Crippen molar-refractivity contribution < 1.29 is 0 Å². The number of aryl methyl sites for hydroxylation is 1. The Hall–Kier alpha value is -0.900. The van der Waals surface area contributed by atoms with Gasteiger partial charge in [0.05, 0.1) is 12.2 Å². The van der Waals surface area contributed by atoms with Gasteiger partial charge < -0.3 is 5.73 Å². The second-order valence-corrected chi connectivity index (χ2v) is 4.63. The Kier molecular flexibility index (Phi) is 7.63. The molecular weight excluding hydrogens is 212 g/mol. The van der Waals surface area contributed by atoms with Crippen LogP contribution in [-0.2, 0) is 13.0 Å². The molecule has 17 heavy (non-hydrogen) atoms. The Morgan fingerprint density at radius 2 is 1.82 bits per heavy atom. The van der Waals surface area contributed by atoms with Gasteiger partial charge in [-0.1, -0.05) is 50.7 Å². The first kappa shape index (κ1) is 14.2. The molecule has 0 aliphatic heterocycles. The Balaban J connectivity index is 2.01. The number of hydrogen-bond donors (Lipinski definition) is 1. The molecule has 0 saturated carbocycles. The van der Waals surface area contributed by atoms with Gasteiger partial charge in [-0.15, -0.1) is 5.10 Å². The molecule has 98 valence electrons. The molecule has 0 saturated heterocycles. The summed E-state index contributed by atoms with van der Waals surface area (Å²) in [7, 11) is 0. The van der Waals surface area contributed by atoms with Gasteiger partial charge in [0.15, 0.2) is 0 Å². The van der Waals surface area contributed by atoms with Crippen molar-refractivity contribution in [1.82, 2.24) is 15.0 Å². The Morgan fingerprint density at radius 1 is 1.12 bits per heavy atom. The average molecular weight is 238 g/mol. The molecule has 1 aromatic rings. The summed E-state index contributed by atoms with van der Waals surface area (Å²) < 4.78 is 1.83. The van der Waals surface area contributed by atoms with Crippen LogP contribution in [-0.4, -0.2) is 21.5 Å². The van der Waals surface area contributed by atoms with Crippen LogP contribution in [0.4, 0.5) is 0 Å². The highest BCUT2D eigenvalue weighted by Crippen LogP contribution is 2.09. The molecule has 1 heterocycles. The molecule has 4 nitrogen and oxygen atoms in total. The lowest BCUT2D eigenvalue weighted by molar-refractivity contribution is 0.586. The molecule has 2 N–H and O–H groups in total. The fourth-order valence-electron chi connectivity index (χ4n) is 1.96. The molecule has 0 bridgehead atoms. The lowest BCUT2D eigenvalue weighted by Gasteiger charge is -1.99. The van der Waals surface area contributed by atoms with E-state index in [4.69, 9.17) is 5.73 Å². The monoisotopic (exact) mass is 238 g/mol. The van der Waals surface area contributed by atoms with Crippen LogP contribution in [0.5, 0.6) is 0 Å². The molecule has 0 aromatic carbocycles. The van der Waals surface area contributed by atoms with Crippen molar-refractivity contribution in [2.24, 2.45) is 5.73 Å². The van der Waals surface area contributed by atoms with Crippen molar-refractivity contribution in [2.75, 3.05) is 6.54 Å². The summed E-state index contributed by atoms with van der Waals surface area (Å²) in [5.74, 6) is 0. The fraction of sp³-hybridized carbons (Fsp3) is 0.846. The summed E-state index contributed by atoms with van der Waals surface area (Å²) in [5.41, 5.74) is 6.56. The molecule has 0 amide bonds. The summed E-state index contributed by atoms with van der Waals surface area (Å²) in [5, 5.41) is 8.17. The second kappa shape index (κ2) is 9.16. The van der Waals surface area contributed by atoms with Crippen molar-refractivity contribution in [3.8, 4) is 0 Å². The van der Waals surface area contributed by atoms with Crippen LogP contribution < -0.4 is 5.73 Å². The smallest absolute Gasteiger partial charge is 0.0827 e. The van der Waals surface area contributed by atoms with Gasteiger partial charge in [-0.05, 0) is 12.8 Å². The number of aromatic nitrogens is 3. The molecule has 0 radical (unpaired) electrons. The molecule has 1 rings (SSSR count). The summed E-state index contributed by atoms with van der Waals surface area (Å²) in [6, 6.07) is 0. The normalized spacial score (nSPS) is 10.9. The van der Waals surface area contributed by atoms with Crippen LogP contribution in [0.15, 0.2) is 6.20 Å². The predicted octanol–water partition coefficient (Wildman–Crippen LogP) is 2.53. The lowest BCUT2D eigenvalue weighted by Crippen LogP contribution is -2.10. The third kappa shape index (κ3) is 6.41. The van der Waals surface area contributed by atoms with E-state index in [1.807, 2.05) is 10.9 Å². The zero-order valence-corrected chi connectivity index (χ0v) is 11.1. The minimum Gasteiger partial charge on any atom is -0.329 e. The van der Waals surface area contributed by atoms with Gasteiger partial charge in [0, 0.05) is 12.7 Å². The van der Waals surface area contributed by atoms with Crippen molar-refractivity contribution >= 4 is 0 Å². The van der Waals surface area contributed by atoms with Crippen LogP contribution in [0.2, 0.25) is 0 Å². The first-order valence-electron chi connectivity index (χ1n) is 6.96. The molecule has 4 heteroatoms. The summed E-state index contributed by atoms with van der Waals surface area (Å²) in [6.07, 6.45) is 12.5. The highest BCUT2D eigenvalue weighted by Gasteiger charge is 1.99. The molecule has 1 aromatic heterocycles. The van der Waals surface area contributed by atoms with Gasteiger partial charge >= 0.3 is 0 Å². The zero-order chi connectivity index (χ0) is 12.3. The van der Waals surface area contributed by atoms with Crippen LogP contribution in [0.25, 0.3) is 0 Å². The molecule has 0 aliphatic rings. The van der Waals surface area contributed by atoms with E-state index in [-0.39, 0.29) is 0 Å². The zero-order valence-electron chi connectivity index (χ0n) is 11.1. The Morgan fingerprint density at radius 3 is 2.53 bits per heavy atom. The number of nitrogens with zero attached hydrogens (tertiary/aromatic N) is 3. The standard InChI is InChI=1S/C13H26N4/c1-2-3-4-5-6-7-8-9-13-12-17(11-10-14)16-15-13/h12H,2-11,14H2,1H3. The maximum Gasteiger partial charge on any atom is 0.0827 e. The van der Waals surface area contributed by atoms with Gasteiger partial charge in [0.25, 0.3) is 0 Å². The molecular formula is C13H26N4. The van der Waals surface area contributed by atoms with Crippen molar-refractivity contribution in [2.45, 2.75) is 64.8 Å². The number of hydrogen-bond acceptors (Lipinski definition) is 3. The summed E-state index contributed by atoms with van der Waals surface area (Å²) in [4.78, 5) is 0. The highest BCUT2D eigenvalue weighted by molar-refractivity contribution is 4.92.